The van der Waals surface area contributed by atoms with Crippen LogP contribution in [0, 0.1) is 0 Å². The second kappa shape index (κ2) is 9.54. The van der Waals surface area contributed by atoms with Gasteiger partial charge < -0.3 is 14.6 Å². The molecular weight excluding hydrogens is 355 g/mol. The first kappa shape index (κ1) is 20.2. The van der Waals surface area contributed by atoms with Crippen LogP contribution < -0.4 is 22.2 Å². The second-order valence-electron chi connectivity index (χ2n) is 6.03. The highest BCUT2D eigenvalue weighted by Crippen LogP contribution is 2.49. The molecular formula is C12H23F4N4O3P. The molecule has 0 aromatic carbocycles. The molecule has 0 spiro atoms. The van der Waals surface area contributed by atoms with Crippen LogP contribution in [-0.2, 0) is 9.47 Å². The molecule has 0 aromatic rings. The van der Waals surface area contributed by atoms with E-state index in [1.807, 2.05) is 0 Å². The van der Waals surface area contributed by atoms with Gasteiger partial charge in [0.1, 0.15) is 11.9 Å². The van der Waals surface area contributed by atoms with E-state index in [0.29, 0.717) is 12.8 Å². The quantitative estimate of drug-likeness (QED) is 0.241. The van der Waals surface area contributed by atoms with Crippen molar-refractivity contribution < 1.29 is 32.5 Å². The van der Waals surface area contributed by atoms with Gasteiger partial charge in [0.15, 0.2) is 6.29 Å². The third-order valence-corrected chi connectivity index (χ3v) is 6.89. The zero-order chi connectivity index (χ0) is 17.7. The number of hydrogen-bond donors (Lipinski definition) is 5. The summed E-state index contributed by atoms with van der Waals surface area (Å²) < 4.78 is 62.1. The Morgan fingerprint density at radius 1 is 1.21 bits per heavy atom. The van der Waals surface area contributed by atoms with E-state index in [0.717, 1.165) is 0 Å². The Morgan fingerprint density at radius 3 is 2.50 bits per heavy atom. The molecule has 12 heteroatoms. The molecule has 0 radical (unpaired) electrons. The third kappa shape index (κ3) is 4.53. The molecule has 8 unspecified atom stereocenters. The summed E-state index contributed by atoms with van der Waals surface area (Å²) in [4.78, 5) is 0. The summed E-state index contributed by atoms with van der Waals surface area (Å²) in [6.07, 6.45) is -1.91. The minimum atomic E-state index is -1.26. The molecule has 142 valence electrons. The van der Waals surface area contributed by atoms with E-state index in [4.69, 9.17) is 9.47 Å². The number of hydrogen-bond acceptors (Lipinski definition) is 7. The lowest BCUT2D eigenvalue weighted by Gasteiger charge is -2.39. The van der Waals surface area contributed by atoms with Crippen LogP contribution in [0.5, 0.6) is 0 Å². The summed E-state index contributed by atoms with van der Waals surface area (Å²) in [6.45, 7) is 1.56. The predicted molar refractivity (Wildman–Crippen MR) is 79.4 cm³/mol. The number of halogens is 4. The highest BCUT2D eigenvalue weighted by Gasteiger charge is 2.46. The summed E-state index contributed by atoms with van der Waals surface area (Å²) in [5.74, 6) is -1.10. The smallest absolute Gasteiger partial charge is 0.176 e. The Balaban J connectivity index is 2.04. The Labute approximate surface area is 138 Å². The first-order valence-electron chi connectivity index (χ1n) is 7.70. The normalized spacial score (nSPS) is 41.5. The molecule has 0 aliphatic carbocycles. The Hall–Kier alpha value is -0.130. The van der Waals surface area contributed by atoms with Crippen molar-refractivity contribution in [2.45, 2.75) is 62.2 Å². The van der Waals surface area contributed by atoms with Crippen molar-refractivity contribution >= 4 is 7.92 Å². The topological polar surface area (TPSA) is 86.8 Å². The van der Waals surface area contributed by atoms with Crippen LogP contribution in [0.3, 0.4) is 0 Å². The van der Waals surface area contributed by atoms with Gasteiger partial charge in [-0.3, -0.25) is 0 Å². The van der Waals surface area contributed by atoms with Gasteiger partial charge in [-0.2, -0.15) is 22.2 Å². The number of rotatable bonds is 8. The maximum Gasteiger partial charge on any atom is 0.176 e. The van der Waals surface area contributed by atoms with Crippen LogP contribution in [0.2, 0.25) is 0 Å². The van der Waals surface area contributed by atoms with Crippen LogP contribution in [0.1, 0.15) is 19.8 Å². The van der Waals surface area contributed by atoms with E-state index < -0.39 is 50.4 Å². The van der Waals surface area contributed by atoms with Gasteiger partial charge in [0.2, 0.25) is 0 Å². The molecule has 2 aliphatic heterocycles. The summed E-state index contributed by atoms with van der Waals surface area (Å²) in [5.41, 5.74) is 6.14. The molecule has 0 aromatic heterocycles. The molecule has 2 saturated heterocycles. The van der Waals surface area contributed by atoms with Crippen molar-refractivity contribution in [2.75, 3.05) is 12.4 Å². The predicted octanol–water partition coefficient (Wildman–Crippen LogP) is 0.670. The van der Waals surface area contributed by atoms with E-state index in [2.05, 4.69) is 0 Å². The molecule has 2 aliphatic rings. The van der Waals surface area contributed by atoms with Crippen molar-refractivity contribution in [1.82, 2.24) is 22.2 Å². The second-order valence-corrected chi connectivity index (χ2v) is 8.41. The monoisotopic (exact) mass is 378 g/mol. The number of nitrogens with one attached hydrogen (secondary N) is 4. The molecule has 5 N–H and O–H groups in total. The fourth-order valence-electron chi connectivity index (χ4n) is 3.02. The number of aliphatic hydroxyl groups excluding tert-OH is 1. The molecule has 2 rings (SSSR count). The molecule has 2 fully saturated rings. The highest BCUT2D eigenvalue weighted by atomic mass is 31.1. The van der Waals surface area contributed by atoms with Gasteiger partial charge >= 0.3 is 0 Å². The van der Waals surface area contributed by atoms with Crippen molar-refractivity contribution in [3.63, 3.8) is 0 Å². The van der Waals surface area contributed by atoms with E-state index >= 15 is 0 Å². The maximum absolute atomic E-state index is 13.0. The zero-order valence-electron chi connectivity index (χ0n) is 13.1. The average Bonchev–Trinajstić information content (AvgIpc) is 2.90. The van der Waals surface area contributed by atoms with Crippen molar-refractivity contribution in [2.24, 2.45) is 0 Å². The van der Waals surface area contributed by atoms with Gasteiger partial charge in [-0.15, -0.1) is 17.9 Å². The molecule has 0 bridgehead atoms. The molecule has 2 heterocycles. The third-order valence-electron chi connectivity index (χ3n) is 4.46. The first-order valence-corrected chi connectivity index (χ1v) is 9.48. The number of ether oxygens (including phenoxy) is 2. The summed E-state index contributed by atoms with van der Waals surface area (Å²) >= 11 is 0. The molecule has 0 amide bonds. The first-order chi connectivity index (χ1) is 11.5. The van der Waals surface area contributed by atoms with Crippen LogP contribution in [-0.4, -0.2) is 60.0 Å². The summed E-state index contributed by atoms with van der Waals surface area (Å²) in [5, 5.41) is 10.2. The molecule has 7 nitrogen and oxygen atoms in total. The zero-order valence-corrected chi connectivity index (χ0v) is 14.0. The van der Waals surface area contributed by atoms with Crippen molar-refractivity contribution in [3.05, 3.63) is 0 Å². The van der Waals surface area contributed by atoms with Gasteiger partial charge in [-0.05, 0) is 25.9 Å². The van der Waals surface area contributed by atoms with Crippen LogP contribution in [0.15, 0.2) is 0 Å². The fraction of sp³-hybridized carbons (Fsp3) is 1.00. The van der Waals surface area contributed by atoms with Gasteiger partial charge in [0, 0.05) is 6.29 Å². The number of aliphatic hydroxyl groups is 1. The van der Waals surface area contributed by atoms with Gasteiger partial charge in [-0.25, -0.2) is 0 Å². The lowest BCUT2D eigenvalue weighted by molar-refractivity contribution is -0.249. The van der Waals surface area contributed by atoms with E-state index in [1.54, 1.807) is 18.0 Å². The average molecular weight is 378 g/mol. The summed E-state index contributed by atoms with van der Waals surface area (Å²) in [6, 6.07) is -2.32. The minimum absolute atomic E-state index is 0.101. The Morgan fingerprint density at radius 2 is 1.92 bits per heavy atom. The van der Waals surface area contributed by atoms with E-state index in [9.17, 15) is 23.0 Å². The Bertz CT molecular complexity index is 392. The van der Waals surface area contributed by atoms with Crippen LogP contribution in [0.25, 0.3) is 0 Å². The van der Waals surface area contributed by atoms with Gasteiger partial charge in [0.25, 0.3) is 0 Å². The van der Waals surface area contributed by atoms with Crippen molar-refractivity contribution in [3.8, 4) is 0 Å². The lowest BCUT2D eigenvalue weighted by atomic mass is 10.00. The minimum Gasteiger partial charge on any atom is -0.386 e. The highest BCUT2D eigenvalue weighted by molar-refractivity contribution is 7.58. The summed E-state index contributed by atoms with van der Waals surface area (Å²) in [7, 11) is -1.26. The fourth-order valence-corrected chi connectivity index (χ4v) is 5.18. The molecule has 24 heavy (non-hydrogen) atoms. The molecule has 8 atom stereocenters. The Kier molecular flexibility index (Phi) is 8.02. The van der Waals surface area contributed by atoms with Gasteiger partial charge in [-0.1, -0.05) is 7.92 Å². The lowest BCUT2D eigenvalue weighted by Crippen LogP contribution is -2.54. The van der Waals surface area contributed by atoms with Gasteiger partial charge in [0.05, 0.1) is 24.2 Å². The van der Waals surface area contributed by atoms with Crippen LogP contribution in [0.4, 0.5) is 17.9 Å². The van der Waals surface area contributed by atoms with Crippen molar-refractivity contribution in [1.29, 1.82) is 0 Å². The standard InChI is InChI=1S/C12H23F4N4O3P/c1-6(18-14)9-3-2-7(19-15)12(22-9)23-10-8(20-16)4-24(5-17-13)11(10)21/h6-12,17-21H,2-5H2,1H3. The molecule has 0 saturated carbocycles. The largest absolute Gasteiger partial charge is 0.386 e. The van der Waals surface area contributed by atoms with E-state index in [-0.39, 0.29) is 12.4 Å². The van der Waals surface area contributed by atoms with E-state index in [1.165, 1.54) is 11.1 Å². The maximum atomic E-state index is 13.0. The van der Waals surface area contributed by atoms with Crippen LogP contribution >= 0.6 is 7.92 Å². The SMILES string of the molecule is CC(NF)C1CCC(NF)C(OC2C(NF)CP(CNF)C2O)O1.